The third-order valence-electron chi connectivity index (χ3n) is 4.02. The van der Waals surface area contributed by atoms with Crippen LogP contribution in [0.5, 0.6) is 0 Å². The Kier molecular flexibility index (Phi) is 3.20. The maximum atomic E-state index is 12.3. The third kappa shape index (κ3) is 2.33. The molecule has 3 nitrogen and oxygen atoms in total. The summed E-state index contributed by atoms with van der Waals surface area (Å²) >= 11 is 0. The maximum absolute atomic E-state index is 12.3. The van der Waals surface area contributed by atoms with Gasteiger partial charge in [0.2, 0.25) is 0 Å². The van der Waals surface area contributed by atoms with Gasteiger partial charge in [0, 0.05) is 17.5 Å². The summed E-state index contributed by atoms with van der Waals surface area (Å²) < 4.78 is 1.54. The van der Waals surface area contributed by atoms with Crippen molar-refractivity contribution in [2.24, 2.45) is 5.92 Å². The van der Waals surface area contributed by atoms with Crippen molar-refractivity contribution in [1.29, 1.82) is 0 Å². The number of carbonyl (C=O) groups excluding carboxylic acids is 1. The van der Waals surface area contributed by atoms with E-state index in [0.717, 1.165) is 31.1 Å². The number of hydrogen-bond donors (Lipinski definition) is 0. The van der Waals surface area contributed by atoms with Crippen molar-refractivity contribution in [3.63, 3.8) is 0 Å². The molecule has 0 radical (unpaired) electrons. The van der Waals surface area contributed by atoms with Gasteiger partial charge in [0.15, 0.2) is 5.78 Å². The lowest BCUT2D eigenvalue weighted by Crippen LogP contribution is -2.26. The molecule has 3 heteroatoms. The topological polar surface area (TPSA) is 39.1 Å². The summed E-state index contributed by atoms with van der Waals surface area (Å²) in [5, 5.41) is 1.61. The second-order valence-corrected chi connectivity index (χ2v) is 5.28. The Labute approximate surface area is 111 Å². The van der Waals surface area contributed by atoms with Crippen LogP contribution in [0.15, 0.2) is 41.3 Å². The fourth-order valence-corrected chi connectivity index (χ4v) is 2.90. The summed E-state index contributed by atoms with van der Waals surface area (Å²) in [4.78, 5) is 24.4. The molecule has 0 aliphatic heterocycles. The van der Waals surface area contributed by atoms with E-state index in [4.69, 9.17) is 0 Å². The Morgan fingerprint density at radius 2 is 1.89 bits per heavy atom. The first-order valence-corrected chi connectivity index (χ1v) is 6.86. The zero-order chi connectivity index (χ0) is 13.2. The SMILES string of the molecule is O=C(Cn1ccc2ccccc2c1=O)C1CCCC1. The van der Waals surface area contributed by atoms with Gasteiger partial charge >= 0.3 is 0 Å². The Morgan fingerprint density at radius 3 is 2.68 bits per heavy atom. The molecule has 1 fully saturated rings. The number of Topliss-reactive ketones (excluding diaryl/α,β-unsaturated/α-hetero) is 1. The summed E-state index contributed by atoms with van der Waals surface area (Å²) in [6, 6.07) is 9.40. The van der Waals surface area contributed by atoms with Crippen molar-refractivity contribution in [1.82, 2.24) is 4.57 Å². The summed E-state index contributed by atoms with van der Waals surface area (Å²) in [5.41, 5.74) is -0.0653. The minimum atomic E-state index is -0.0653. The van der Waals surface area contributed by atoms with Gasteiger partial charge < -0.3 is 4.57 Å². The number of nitrogens with zero attached hydrogens (tertiary/aromatic N) is 1. The Morgan fingerprint density at radius 1 is 1.16 bits per heavy atom. The van der Waals surface area contributed by atoms with Gasteiger partial charge in [-0.2, -0.15) is 0 Å². The molecule has 1 aliphatic carbocycles. The molecule has 2 aromatic rings. The molecule has 0 atom stereocenters. The largest absolute Gasteiger partial charge is 0.308 e. The van der Waals surface area contributed by atoms with E-state index in [1.165, 1.54) is 0 Å². The predicted octanol–water partition coefficient (Wildman–Crippen LogP) is 2.76. The minimum absolute atomic E-state index is 0.0653. The van der Waals surface area contributed by atoms with Gasteiger partial charge in [0.25, 0.3) is 5.56 Å². The van der Waals surface area contributed by atoms with Crippen LogP contribution in [0.3, 0.4) is 0 Å². The number of aromatic nitrogens is 1. The monoisotopic (exact) mass is 255 g/mol. The van der Waals surface area contributed by atoms with Crippen molar-refractivity contribution in [3.8, 4) is 0 Å². The first kappa shape index (κ1) is 12.2. The van der Waals surface area contributed by atoms with Crippen LogP contribution < -0.4 is 5.56 Å². The van der Waals surface area contributed by atoms with E-state index in [2.05, 4.69) is 0 Å². The maximum Gasteiger partial charge on any atom is 0.258 e. The molecule has 1 saturated carbocycles. The van der Waals surface area contributed by atoms with Gasteiger partial charge in [-0.1, -0.05) is 31.0 Å². The van der Waals surface area contributed by atoms with Crippen LogP contribution in [-0.2, 0) is 11.3 Å². The zero-order valence-corrected chi connectivity index (χ0v) is 10.8. The van der Waals surface area contributed by atoms with Crippen molar-refractivity contribution in [2.45, 2.75) is 32.2 Å². The van der Waals surface area contributed by atoms with Crippen molar-refractivity contribution in [3.05, 3.63) is 46.9 Å². The highest BCUT2D eigenvalue weighted by molar-refractivity contribution is 5.83. The smallest absolute Gasteiger partial charge is 0.258 e. The quantitative estimate of drug-likeness (QED) is 0.846. The summed E-state index contributed by atoms with van der Waals surface area (Å²) in [6.45, 7) is 0.217. The molecule has 98 valence electrons. The fraction of sp³-hybridized carbons (Fsp3) is 0.375. The molecule has 0 amide bonds. The molecule has 0 unspecified atom stereocenters. The molecule has 1 heterocycles. The molecule has 0 N–H and O–H groups in total. The number of benzene rings is 1. The molecule has 0 saturated heterocycles. The number of fused-ring (bicyclic) bond motifs is 1. The standard InChI is InChI=1S/C16H17NO2/c18-15(13-6-1-2-7-13)11-17-10-9-12-5-3-4-8-14(12)16(17)19/h3-5,8-10,13H,1-2,6-7,11H2. The van der Waals surface area contributed by atoms with Gasteiger partial charge in [-0.05, 0) is 30.4 Å². The highest BCUT2D eigenvalue weighted by Crippen LogP contribution is 2.25. The second-order valence-electron chi connectivity index (χ2n) is 5.28. The van der Waals surface area contributed by atoms with Gasteiger partial charge in [-0.25, -0.2) is 0 Å². The number of pyridine rings is 1. The zero-order valence-electron chi connectivity index (χ0n) is 10.8. The van der Waals surface area contributed by atoms with E-state index in [1.807, 2.05) is 30.3 Å². The van der Waals surface area contributed by atoms with E-state index >= 15 is 0 Å². The fourth-order valence-electron chi connectivity index (χ4n) is 2.90. The number of carbonyl (C=O) groups is 1. The van der Waals surface area contributed by atoms with Gasteiger partial charge in [-0.15, -0.1) is 0 Å². The van der Waals surface area contributed by atoms with E-state index < -0.39 is 0 Å². The Bertz CT molecular complexity index is 666. The van der Waals surface area contributed by atoms with Gasteiger partial charge in [0.1, 0.15) is 0 Å². The lowest BCUT2D eigenvalue weighted by molar-refractivity contribution is -0.123. The van der Waals surface area contributed by atoms with Crippen LogP contribution in [0, 0.1) is 5.92 Å². The first-order valence-electron chi connectivity index (χ1n) is 6.86. The molecule has 1 aliphatic rings. The summed E-state index contributed by atoms with van der Waals surface area (Å²) in [5.74, 6) is 0.369. The molecule has 1 aromatic carbocycles. The molecule has 19 heavy (non-hydrogen) atoms. The normalized spacial score (nSPS) is 16.0. The van der Waals surface area contributed by atoms with Crippen molar-refractivity contribution < 1.29 is 4.79 Å². The third-order valence-corrected chi connectivity index (χ3v) is 4.02. The Balaban J connectivity index is 1.91. The molecular formula is C16H17NO2. The average Bonchev–Trinajstić information content (AvgIpc) is 2.96. The van der Waals surface area contributed by atoms with E-state index in [0.29, 0.717) is 5.39 Å². The molecule has 0 bridgehead atoms. The van der Waals surface area contributed by atoms with Crippen LogP contribution in [0.2, 0.25) is 0 Å². The number of ketones is 1. The number of rotatable bonds is 3. The summed E-state index contributed by atoms with van der Waals surface area (Å²) in [6.07, 6.45) is 5.99. The van der Waals surface area contributed by atoms with Crippen LogP contribution in [0.25, 0.3) is 10.8 Å². The van der Waals surface area contributed by atoms with E-state index in [-0.39, 0.29) is 23.8 Å². The molecular weight excluding hydrogens is 238 g/mol. The van der Waals surface area contributed by atoms with Gasteiger partial charge in [0.05, 0.1) is 6.54 Å². The van der Waals surface area contributed by atoms with Crippen LogP contribution in [0.1, 0.15) is 25.7 Å². The van der Waals surface area contributed by atoms with Crippen LogP contribution in [0.4, 0.5) is 0 Å². The Hall–Kier alpha value is -1.90. The van der Waals surface area contributed by atoms with Crippen molar-refractivity contribution in [2.75, 3.05) is 0 Å². The lowest BCUT2D eigenvalue weighted by atomic mass is 10.0. The lowest BCUT2D eigenvalue weighted by Gasteiger charge is -2.10. The molecule has 3 rings (SSSR count). The average molecular weight is 255 g/mol. The van der Waals surface area contributed by atoms with E-state index in [9.17, 15) is 9.59 Å². The van der Waals surface area contributed by atoms with Crippen LogP contribution >= 0.6 is 0 Å². The molecule has 0 spiro atoms. The molecule has 1 aromatic heterocycles. The van der Waals surface area contributed by atoms with Crippen molar-refractivity contribution >= 4 is 16.6 Å². The first-order chi connectivity index (χ1) is 9.25. The minimum Gasteiger partial charge on any atom is -0.308 e. The van der Waals surface area contributed by atoms with Gasteiger partial charge in [-0.3, -0.25) is 9.59 Å². The van der Waals surface area contributed by atoms with E-state index in [1.54, 1.807) is 10.8 Å². The highest BCUT2D eigenvalue weighted by atomic mass is 16.1. The van der Waals surface area contributed by atoms with Crippen LogP contribution in [-0.4, -0.2) is 10.4 Å². The number of hydrogen-bond acceptors (Lipinski definition) is 2. The highest BCUT2D eigenvalue weighted by Gasteiger charge is 2.22. The predicted molar refractivity (Wildman–Crippen MR) is 75.2 cm³/mol. The summed E-state index contributed by atoms with van der Waals surface area (Å²) in [7, 11) is 0. The second kappa shape index (κ2) is 5.00.